The Bertz CT molecular complexity index is 628. The zero-order valence-corrected chi connectivity index (χ0v) is 21.2. The summed E-state index contributed by atoms with van der Waals surface area (Å²) in [6.07, 6.45) is 9.30. The number of hydrogen-bond donors (Lipinski definition) is 4. The van der Waals surface area contributed by atoms with Crippen LogP contribution in [0.3, 0.4) is 0 Å². The van der Waals surface area contributed by atoms with Crippen molar-refractivity contribution in [2.24, 2.45) is 23.7 Å². The fraction of sp³-hybridized carbons (Fsp3) is 0.769. The molecule has 0 amide bonds. The summed E-state index contributed by atoms with van der Waals surface area (Å²) in [6.45, 7) is 9.76. The van der Waals surface area contributed by atoms with Gasteiger partial charge in [-0.1, -0.05) is 52.8 Å². The van der Waals surface area contributed by atoms with E-state index in [9.17, 15) is 19.8 Å². The largest absolute Gasteiger partial charge is 0.481 e. The summed E-state index contributed by atoms with van der Waals surface area (Å²) in [5, 5.41) is 37.1. The maximum Gasteiger partial charge on any atom is 0.306 e. The van der Waals surface area contributed by atoms with E-state index in [0.29, 0.717) is 30.6 Å². The lowest BCUT2D eigenvalue weighted by atomic mass is 9.67. The summed E-state index contributed by atoms with van der Waals surface area (Å²) < 4.78 is 5.15. The van der Waals surface area contributed by atoms with Gasteiger partial charge in [-0.15, -0.1) is 0 Å². The first-order valence-electron chi connectivity index (χ1n) is 12.3. The molecule has 0 spiro atoms. The van der Waals surface area contributed by atoms with Crippen molar-refractivity contribution >= 4 is 11.9 Å². The van der Waals surface area contributed by atoms with Gasteiger partial charge in [0.25, 0.3) is 0 Å². The third-order valence-electron chi connectivity index (χ3n) is 6.51. The first-order chi connectivity index (χ1) is 15.6. The number of aliphatic carboxylic acids is 2. The SMILES string of the molecule is CC.CCC(C)C(=O)O.COC(CC(=O)O)CC(O)CCC1C(C)C=CC2=CC(O)CCC21. The van der Waals surface area contributed by atoms with E-state index in [4.69, 9.17) is 14.9 Å². The predicted octanol–water partition coefficient (Wildman–Crippen LogP) is 4.67. The molecule has 0 aromatic heterocycles. The van der Waals surface area contributed by atoms with Crippen LogP contribution >= 0.6 is 0 Å². The van der Waals surface area contributed by atoms with Crippen molar-refractivity contribution in [2.45, 2.75) is 97.9 Å². The minimum Gasteiger partial charge on any atom is -0.481 e. The summed E-state index contributed by atoms with van der Waals surface area (Å²) >= 11 is 0. The molecular formula is C26H46O7. The first kappa shape index (κ1) is 31.3. The highest BCUT2D eigenvalue weighted by Gasteiger charge is 2.33. The molecule has 0 aromatic carbocycles. The van der Waals surface area contributed by atoms with Crippen LogP contribution in [0, 0.1) is 23.7 Å². The van der Waals surface area contributed by atoms with E-state index in [-0.39, 0.29) is 18.4 Å². The molecule has 7 heteroatoms. The van der Waals surface area contributed by atoms with Crippen molar-refractivity contribution in [3.8, 4) is 0 Å². The number of aliphatic hydroxyl groups excluding tert-OH is 2. The lowest BCUT2D eigenvalue weighted by Crippen LogP contribution is -2.31. The molecule has 0 aliphatic heterocycles. The molecule has 0 bridgehead atoms. The van der Waals surface area contributed by atoms with Crippen molar-refractivity contribution in [1.82, 2.24) is 0 Å². The van der Waals surface area contributed by atoms with Gasteiger partial charge < -0.3 is 25.2 Å². The molecule has 0 heterocycles. The minimum atomic E-state index is -0.907. The Hall–Kier alpha value is -1.70. The molecule has 0 saturated heterocycles. The molecule has 7 nitrogen and oxygen atoms in total. The Labute approximate surface area is 199 Å². The summed E-state index contributed by atoms with van der Waals surface area (Å²) in [7, 11) is 1.48. The van der Waals surface area contributed by atoms with Gasteiger partial charge in [0.05, 0.1) is 30.7 Å². The molecular weight excluding hydrogens is 424 g/mol. The quantitative estimate of drug-likeness (QED) is 0.366. The standard InChI is InChI=1S/C19H30O5.C5H10O2.C2H6/c1-12-3-4-13-9-14(20)6-8-18(13)17(12)7-5-15(21)10-16(24-2)11-19(22)23;1-3-4(2)5(6)7;1-2/h3-4,9,12,14-18,20-21H,5-8,10-11H2,1-2H3,(H,22,23);4H,3H2,1-2H3,(H,6,7);1-2H3. The zero-order chi connectivity index (χ0) is 25.6. The van der Waals surface area contributed by atoms with Crippen LogP contribution in [0.5, 0.6) is 0 Å². The number of aliphatic hydroxyl groups is 2. The van der Waals surface area contributed by atoms with Crippen LogP contribution in [0.25, 0.3) is 0 Å². The lowest BCUT2D eigenvalue weighted by molar-refractivity contribution is -0.141. The molecule has 0 aromatic rings. The molecule has 2 aliphatic carbocycles. The molecule has 2 rings (SSSR count). The van der Waals surface area contributed by atoms with E-state index in [1.54, 1.807) is 6.92 Å². The molecule has 0 saturated carbocycles. The van der Waals surface area contributed by atoms with Crippen LogP contribution in [0.15, 0.2) is 23.8 Å². The second-order valence-corrected chi connectivity index (χ2v) is 8.87. The van der Waals surface area contributed by atoms with Crippen LogP contribution in [0.2, 0.25) is 0 Å². The predicted molar refractivity (Wildman–Crippen MR) is 130 cm³/mol. The third-order valence-corrected chi connectivity index (χ3v) is 6.51. The van der Waals surface area contributed by atoms with Gasteiger partial charge in [0, 0.05) is 13.5 Å². The second kappa shape index (κ2) is 16.8. The summed E-state index contributed by atoms with van der Waals surface area (Å²) in [5.41, 5.74) is 1.23. The molecule has 192 valence electrons. The molecule has 0 fully saturated rings. The van der Waals surface area contributed by atoms with Crippen LogP contribution in [0.4, 0.5) is 0 Å². The molecule has 4 N–H and O–H groups in total. The third kappa shape index (κ3) is 11.8. The van der Waals surface area contributed by atoms with E-state index >= 15 is 0 Å². The molecule has 2 aliphatic rings. The highest BCUT2D eigenvalue weighted by atomic mass is 16.5. The van der Waals surface area contributed by atoms with Gasteiger partial charge in [0.1, 0.15) is 0 Å². The van der Waals surface area contributed by atoms with Crippen molar-refractivity contribution in [1.29, 1.82) is 0 Å². The average Bonchev–Trinajstić information content (AvgIpc) is 2.78. The normalized spacial score (nSPS) is 26.2. The Morgan fingerprint density at radius 2 is 1.85 bits per heavy atom. The minimum absolute atomic E-state index is 0.0798. The van der Waals surface area contributed by atoms with Gasteiger partial charge in [0.15, 0.2) is 0 Å². The topological polar surface area (TPSA) is 124 Å². The van der Waals surface area contributed by atoms with E-state index in [1.807, 2.05) is 26.8 Å². The van der Waals surface area contributed by atoms with Crippen LogP contribution < -0.4 is 0 Å². The number of carbonyl (C=O) groups is 2. The highest BCUT2D eigenvalue weighted by molar-refractivity contribution is 5.69. The lowest BCUT2D eigenvalue weighted by Gasteiger charge is -2.38. The average molecular weight is 471 g/mol. The Morgan fingerprint density at radius 1 is 1.21 bits per heavy atom. The van der Waals surface area contributed by atoms with Crippen molar-refractivity contribution in [2.75, 3.05) is 7.11 Å². The highest BCUT2D eigenvalue weighted by Crippen LogP contribution is 2.42. The van der Waals surface area contributed by atoms with E-state index in [1.165, 1.54) is 12.7 Å². The number of methoxy groups -OCH3 is 1. The van der Waals surface area contributed by atoms with E-state index in [0.717, 1.165) is 25.7 Å². The zero-order valence-electron chi connectivity index (χ0n) is 21.2. The van der Waals surface area contributed by atoms with Gasteiger partial charge in [-0.3, -0.25) is 9.59 Å². The monoisotopic (exact) mass is 470 g/mol. The number of carboxylic acid groups (broad SMARTS) is 2. The fourth-order valence-electron chi connectivity index (χ4n) is 4.26. The van der Waals surface area contributed by atoms with Gasteiger partial charge >= 0.3 is 11.9 Å². The Balaban J connectivity index is 0.000000973. The van der Waals surface area contributed by atoms with Gasteiger partial charge in [-0.05, 0) is 55.4 Å². The first-order valence-corrected chi connectivity index (χ1v) is 12.3. The molecule has 33 heavy (non-hydrogen) atoms. The Kier molecular flexibility index (Phi) is 16.0. The fourth-order valence-corrected chi connectivity index (χ4v) is 4.26. The second-order valence-electron chi connectivity index (χ2n) is 8.87. The van der Waals surface area contributed by atoms with Crippen LogP contribution in [-0.2, 0) is 14.3 Å². The smallest absolute Gasteiger partial charge is 0.306 e. The number of allylic oxidation sites excluding steroid dienone is 3. The molecule has 0 radical (unpaired) electrons. The Morgan fingerprint density at radius 3 is 2.33 bits per heavy atom. The number of hydrogen-bond acceptors (Lipinski definition) is 5. The van der Waals surface area contributed by atoms with Crippen molar-refractivity contribution < 1.29 is 34.8 Å². The molecule has 7 unspecified atom stereocenters. The number of ether oxygens (including phenoxy) is 1. The van der Waals surface area contributed by atoms with E-state index in [2.05, 4.69) is 19.1 Å². The summed E-state index contributed by atoms with van der Waals surface area (Å²) in [4.78, 5) is 20.7. The van der Waals surface area contributed by atoms with E-state index < -0.39 is 24.1 Å². The van der Waals surface area contributed by atoms with Crippen molar-refractivity contribution in [3.63, 3.8) is 0 Å². The maximum atomic E-state index is 10.8. The van der Waals surface area contributed by atoms with Crippen LogP contribution in [-0.4, -0.2) is 57.8 Å². The maximum absolute atomic E-state index is 10.8. The summed E-state index contributed by atoms with van der Waals surface area (Å²) in [6, 6.07) is 0. The van der Waals surface area contributed by atoms with Crippen LogP contribution in [0.1, 0.15) is 79.6 Å². The molecule has 7 atom stereocenters. The van der Waals surface area contributed by atoms with Crippen molar-refractivity contribution in [3.05, 3.63) is 23.8 Å². The number of rotatable bonds is 10. The summed E-state index contributed by atoms with van der Waals surface area (Å²) in [5.74, 6) is -0.424. The number of carboxylic acids is 2. The van der Waals surface area contributed by atoms with Gasteiger partial charge in [0.2, 0.25) is 0 Å². The number of fused-ring (bicyclic) bond motifs is 1. The van der Waals surface area contributed by atoms with Gasteiger partial charge in [-0.2, -0.15) is 0 Å². The van der Waals surface area contributed by atoms with Gasteiger partial charge in [-0.25, -0.2) is 0 Å².